The molecule has 1 spiro atoms. The molecule has 6 atom stereocenters. The number of carbonyl (C=O) groups is 3. The van der Waals surface area contributed by atoms with Crippen LogP contribution in [0.15, 0.2) is 25.3 Å². The van der Waals surface area contributed by atoms with Gasteiger partial charge in [-0.15, -0.1) is 24.9 Å². The number of thioether (sulfide) groups is 1. The van der Waals surface area contributed by atoms with Crippen LogP contribution in [0.5, 0.6) is 0 Å². The number of morpholine rings is 1. The van der Waals surface area contributed by atoms with Crippen molar-refractivity contribution in [2.24, 2.45) is 11.8 Å². The van der Waals surface area contributed by atoms with E-state index in [4.69, 9.17) is 9.47 Å². The molecule has 0 radical (unpaired) electrons. The first-order valence-electron chi connectivity index (χ1n) is 13.6. The van der Waals surface area contributed by atoms with Gasteiger partial charge in [0.05, 0.1) is 36.4 Å². The summed E-state index contributed by atoms with van der Waals surface area (Å²) in [4.78, 5) is 47.4. The fraction of sp³-hybridized carbons (Fsp3) is 0.741. The lowest BCUT2D eigenvalue weighted by Crippen LogP contribution is -2.56. The Morgan fingerprint density at radius 1 is 1.24 bits per heavy atom. The van der Waals surface area contributed by atoms with Crippen LogP contribution in [0.2, 0.25) is 0 Å². The van der Waals surface area contributed by atoms with Gasteiger partial charge >= 0.3 is 5.97 Å². The molecule has 3 unspecified atom stereocenters. The number of ether oxygens (including phenoxy) is 2. The Kier molecular flexibility index (Phi) is 10.4. The van der Waals surface area contributed by atoms with Crippen LogP contribution in [0.4, 0.5) is 0 Å². The van der Waals surface area contributed by atoms with E-state index in [9.17, 15) is 19.5 Å². The number of alkyl halides is 1. The van der Waals surface area contributed by atoms with Gasteiger partial charge in [0.15, 0.2) is 0 Å². The number of likely N-dealkylation sites (tertiary alicyclic amines) is 1. The van der Waals surface area contributed by atoms with Gasteiger partial charge in [-0.1, -0.05) is 28.1 Å². The highest BCUT2D eigenvalue weighted by molar-refractivity contribution is 9.09. The second-order valence-electron chi connectivity index (χ2n) is 10.4. The number of amides is 2. The number of unbranched alkanes of at least 4 members (excludes halogenated alkanes) is 1. The van der Waals surface area contributed by atoms with Gasteiger partial charge in [0, 0.05) is 56.0 Å². The number of halogens is 1. The molecule has 0 aromatic carbocycles. The Morgan fingerprint density at radius 3 is 2.68 bits per heavy atom. The Labute approximate surface area is 238 Å². The number of hydrogen-bond donors (Lipinski definition) is 1. The second kappa shape index (κ2) is 13.3. The summed E-state index contributed by atoms with van der Waals surface area (Å²) in [6.45, 7) is 12.8. The van der Waals surface area contributed by atoms with Crippen LogP contribution < -0.4 is 0 Å². The highest BCUT2D eigenvalue weighted by Crippen LogP contribution is 2.68. The van der Waals surface area contributed by atoms with Crippen molar-refractivity contribution in [3.05, 3.63) is 25.3 Å². The summed E-state index contributed by atoms with van der Waals surface area (Å²) < 4.78 is 10.3. The van der Waals surface area contributed by atoms with Crippen molar-refractivity contribution in [1.82, 2.24) is 14.7 Å². The highest BCUT2D eigenvalue weighted by atomic mass is 79.9. The van der Waals surface area contributed by atoms with Crippen LogP contribution in [-0.2, 0) is 23.9 Å². The molecule has 4 aliphatic heterocycles. The van der Waals surface area contributed by atoms with E-state index >= 15 is 0 Å². The van der Waals surface area contributed by atoms with Crippen molar-refractivity contribution in [3.8, 4) is 0 Å². The molecule has 212 valence electrons. The third-order valence-electron chi connectivity index (χ3n) is 8.12. The van der Waals surface area contributed by atoms with Gasteiger partial charge in [-0.3, -0.25) is 19.3 Å². The lowest BCUT2D eigenvalue weighted by atomic mass is 9.71. The largest absolute Gasteiger partial charge is 0.465 e. The fourth-order valence-corrected chi connectivity index (χ4v) is 9.95. The first-order chi connectivity index (χ1) is 18.4. The summed E-state index contributed by atoms with van der Waals surface area (Å²) in [6, 6.07) is -0.677. The van der Waals surface area contributed by atoms with E-state index in [0.29, 0.717) is 58.5 Å². The van der Waals surface area contributed by atoms with Gasteiger partial charge in [-0.2, -0.15) is 0 Å². The molecule has 4 fully saturated rings. The molecule has 0 aromatic rings. The number of aliphatic hydroxyl groups is 1. The zero-order valence-corrected chi connectivity index (χ0v) is 24.4. The first-order valence-corrected chi connectivity index (χ1v) is 15.4. The van der Waals surface area contributed by atoms with E-state index in [1.54, 1.807) is 28.8 Å². The van der Waals surface area contributed by atoms with Crippen molar-refractivity contribution < 1.29 is 29.0 Å². The first kappa shape index (κ1) is 29.6. The number of rotatable bonds is 14. The molecule has 4 saturated heterocycles. The predicted molar refractivity (Wildman–Crippen MR) is 150 cm³/mol. The minimum Gasteiger partial charge on any atom is -0.465 e. The van der Waals surface area contributed by atoms with Crippen LogP contribution in [0.3, 0.4) is 0 Å². The van der Waals surface area contributed by atoms with Crippen LogP contribution in [0.1, 0.15) is 25.7 Å². The Hall–Kier alpha value is -1.40. The molecule has 11 heteroatoms. The molecule has 38 heavy (non-hydrogen) atoms. The Morgan fingerprint density at radius 2 is 2.00 bits per heavy atom. The highest BCUT2D eigenvalue weighted by Gasteiger charge is 2.76. The number of esters is 1. The van der Waals surface area contributed by atoms with Crippen LogP contribution >= 0.6 is 27.7 Å². The summed E-state index contributed by atoms with van der Waals surface area (Å²) in [5, 5.41) is 9.24. The number of fused-ring (bicyclic) bond motifs is 1. The molecule has 9 nitrogen and oxygen atoms in total. The fourth-order valence-electron chi connectivity index (χ4n) is 6.36. The second-order valence-corrected chi connectivity index (χ2v) is 13.1. The minimum absolute atomic E-state index is 0.00222. The van der Waals surface area contributed by atoms with Gasteiger partial charge in [0.25, 0.3) is 0 Å². The van der Waals surface area contributed by atoms with Crippen LogP contribution in [-0.4, -0.2) is 124 Å². The molecule has 0 aliphatic carbocycles. The normalized spacial score (nSPS) is 32.3. The van der Waals surface area contributed by atoms with Crippen LogP contribution in [0.25, 0.3) is 0 Å². The molecule has 4 rings (SSSR count). The van der Waals surface area contributed by atoms with E-state index in [1.807, 2.05) is 4.90 Å². The van der Waals surface area contributed by atoms with Crippen molar-refractivity contribution >= 4 is 45.5 Å². The molecule has 0 aromatic heterocycles. The lowest BCUT2D eigenvalue weighted by molar-refractivity contribution is -0.154. The monoisotopic (exact) mass is 613 g/mol. The molecule has 2 bridgehead atoms. The number of hydrogen-bond acceptors (Lipinski definition) is 8. The molecule has 0 saturated carbocycles. The van der Waals surface area contributed by atoms with Crippen molar-refractivity contribution in [1.29, 1.82) is 0 Å². The topological polar surface area (TPSA) is 99.6 Å². The van der Waals surface area contributed by atoms with Crippen molar-refractivity contribution in [2.75, 3.05) is 65.7 Å². The van der Waals surface area contributed by atoms with Gasteiger partial charge in [0.1, 0.15) is 6.04 Å². The molecular weight excluding hydrogens is 574 g/mol. The van der Waals surface area contributed by atoms with Crippen LogP contribution in [0, 0.1) is 11.8 Å². The molecule has 4 aliphatic rings. The lowest BCUT2D eigenvalue weighted by Gasteiger charge is -2.38. The smallest absolute Gasteiger partial charge is 0.310 e. The van der Waals surface area contributed by atoms with E-state index in [0.717, 1.165) is 19.6 Å². The van der Waals surface area contributed by atoms with E-state index in [-0.39, 0.29) is 41.1 Å². The zero-order valence-electron chi connectivity index (χ0n) is 22.0. The summed E-state index contributed by atoms with van der Waals surface area (Å²) in [6.07, 6.45) is 5.73. The molecule has 1 N–H and O–H groups in total. The van der Waals surface area contributed by atoms with Gasteiger partial charge in [-0.25, -0.2) is 0 Å². The molecule has 2 amide bonds. The minimum atomic E-state index is -0.702. The zero-order chi connectivity index (χ0) is 27.3. The number of carbonyl (C=O) groups excluding carboxylic acids is 3. The quantitative estimate of drug-likeness (QED) is 0.137. The molecule has 4 heterocycles. The van der Waals surface area contributed by atoms with E-state index in [2.05, 4.69) is 34.0 Å². The van der Waals surface area contributed by atoms with Gasteiger partial charge < -0.3 is 24.4 Å². The summed E-state index contributed by atoms with van der Waals surface area (Å²) >= 11 is 5.40. The predicted octanol–water partition coefficient (Wildman–Crippen LogP) is 1.69. The number of nitrogens with zero attached hydrogens (tertiary/aromatic N) is 3. The van der Waals surface area contributed by atoms with E-state index < -0.39 is 22.6 Å². The third kappa shape index (κ3) is 5.73. The maximum absolute atomic E-state index is 14.4. The Balaban J connectivity index is 1.61. The Bertz CT molecular complexity index is 902. The summed E-state index contributed by atoms with van der Waals surface area (Å²) in [5.41, 5.74) is 0. The number of aliphatic hydroxyl groups excluding tert-OH is 1. The third-order valence-corrected chi connectivity index (χ3v) is 11.3. The SMILES string of the molecule is C=CCCOC(=O)[C@H]1[C@@H]2SC3(CC2Br)C(C(=O)N(CC=C)CCN2CCOCC2)N(CCCCO)C(=O)[C@H]13. The summed E-state index contributed by atoms with van der Waals surface area (Å²) in [7, 11) is 0. The van der Waals surface area contributed by atoms with Crippen molar-refractivity contribution in [2.45, 2.75) is 46.5 Å². The van der Waals surface area contributed by atoms with E-state index in [1.165, 1.54) is 0 Å². The average Bonchev–Trinajstić information content (AvgIpc) is 3.50. The van der Waals surface area contributed by atoms with Gasteiger partial charge in [0.2, 0.25) is 11.8 Å². The molecular formula is C27H40BrN3O6S. The van der Waals surface area contributed by atoms with Gasteiger partial charge in [-0.05, 0) is 25.7 Å². The maximum atomic E-state index is 14.4. The summed E-state index contributed by atoms with van der Waals surface area (Å²) in [5.74, 6) is -1.81. The average molecular weight is 615 g/mol. The maximum Gasteiger partial charge on any atom is 0.310 e. The standard InChI is InChI=1S/C27H40BrN3O6S/c1-3-5-15-37-26(35)20-21-24(33)31(9-6-7-14-32)23(27(21)18-19(28)22(20)38-27)25(34)30(8-4-2)11-10-29-12-16-36-17-13-29/h3-4,19-23,32H,1-2,5-18H2/t19?,20-,21+,22-,23?,27?/m1/s1. The van der Waals surface area contributed by atoms with Crippen molar-refractivity contribution in [3.63, 3.8) is 0 Å².